The Kier molecular flexibility index (Phi) is 6.32. The summed E-state index contributed by atoms with van der Waals surface area (Å²) in [5, 5.41) is 0.723. The van der Waals surface area contributed by atoms with E-state index < -0.39 is 0 Å². The average Bonchev–Trinajstić information content (AvgIpc) is 3.16. The Balaban J connectivity index is 1.40. The van der Waals surface area contributed by atoms with Crippen LogP contribution in [0.15, 0.2) is 24.3 Å². The molecule has 0 bridgehead atoms. The molecule has 0 spiro atoms. The van der Waals surface area contributed by atoms with Gasteiger partial charge < -0.3 is 9.80 Å². The minimum Gasteiger partial charge on any atom is -0.342 e. The van der Waals surface area contributed by atoms with Crippen LogP contribution in [0.25, 0.3) is 0 Å². The summed E-state index contributed by atoms with van der Waals surface area (Å²) >= 11 is 6.15. The van der Waals surface area contributed by atoms with Crippen molar-refractivity contribution in [2.45, 2.75) is 25.7 Å². The Hall–Kier alpha value is -1.59. The monoisotopic (exact) mass is 363 g/mol. The third-order valence-corrected chi connectivity index (χ3v) is 5.48. The molecule has 2 aliphatic rings. The first-order valence-corrected chi connectivity index (χ1v) is 9.52. The van der Waals surface area contributed by atoms with Crippen LogP contribution in [0.5, 0.6) is 0 Å². The van der Waals surface area contributed by atoms with E-state index in [0.717, 1.165) is 49.6 Å². The quantitative estimate of drug-likeness (QED) is 0.804. The first kappa shape index (κ1) is 18.2. The smallest absolute Gasteiger partial charge is 0.236 e. The molecule has 5 nitrogen and oxygen atoms in total. The number of aryl methyl sites for hydroxylation is 1. The van der Waals surface area contributed by atoms with Gasteiger partial charge in [0.15, 0.2) is 0 Å². The van der Waals surface area contributed by atoms with E-state index in [4.69, 9.17) is 11.6 Å². The Morgan fingerprint density at radius 3 is 2.20 bits per heavy atom. The van der Waals surface area contributed by atoms with E-state index in [1.807, 2.05) is 34.1 Å². The molecule has 0 aromatic heterocycles. The van der Waals surface area contributed by atoms with Crippen LogP contribution in [-0.4, -0.2) is 72.3 Å². The molecule has 136 valence electrons. The zero-order valence-electron chi connectivity index (χ0n) is 14.6. The van der Waals surface area contributed by atoms with Gasteiger partial charge in [0.25, 0.3) is 0 Å². The topological polar surface area (TPSA) is 43.9 Å². The zero-order valence-corrected chi connectivity index (χ0v) is 15.4. The molecule has 6 heteroatoms. The van der Waals surface area contributed by atoms with Crippen LogP contribution < -0.4 is 0 Å². The molecule has 2 aliphatic heterocycles. The van der Waals surface area contributed by atoms with Crippen LogP contribution in [0.2, 0.25) is 5.02 Å². The molecule has 2 heterocycles. The van der Waals surface area contributed by atoms with E-state index in [1.165, 1.54) is 0 Å². The fourth-order valence-corrected chi connectivity index (χ4v) is 3.74. The molecule has 0 atom stereocenters. The predicted octanol–water partition coefficient (Wildman–Crippen LogP) is 2.04. The van der Waals surface area contributed by atoms with Gasteiger partial charge in [-0.15, -0.1) is 0 Å². The van der Waals surface area contributed by atoms with E-state index in [9.17, 15) is 9.59 Å². The summed E-state index contributed by atoms with van der Waals surface area (Å²) in [4.78, 5) is 30.7. The van der Waals surface area contributed by atoms with E-state index >= 15 is 0 Å². The Morgan fingerprint density at radius 2 is 1.52 bits per heavy atom. The second-order valence-electron chi connectivity index (χ2n) is 6.84. The van der Waals surface area contributed by atoms with Crippen molar-refractivity contribution < 1.29 is 9.59 Å². The number of benzene rings is 1. The summed E-state index contributed by atoms with van der Waals surface area (Å²) < 4.78 is 0. The van der Waals surface area contributed by atoms with Crippen LogP contribution in [0, 0.1) is 0 Å². The minimum absolute atomic E-state index is 0.172. The third kappa shape index (κ3) is 4.95. The number of halogens is 1. The van der Waals surface area contributed by atoms with E-state index in [0.29, 0.717) is 32.5 Å². The third-order valence-electron chi connectivity index (χ3n) is 5.11. The number of rotatable bonds is 5. The molecule has 1 aromatic carbocycles. The van der Waals surface area contributed by atoms with Crippen molar-refractivity contribution >= 4 is 23.4 Å². The lowest BCUT2D eigenvalue weighted by Gasteiger charge is -2.35. The van der Waals surface area contributed by atoms with Crippen molar-refractivity contribution in [3.05, 3.63) is 34.9 Å². The number of nitrogens with zero attached hydrogens (tertiary/aromatic N) is 3. The van der Waals surface area contributed by atoms with Crippen molar-refractivity contribution in [1.29, 1.82) is 0 Å². The van der Waals surface area contributed by atoms with E-state index in [1.54, 1.807) is 0 Å². The zero-order chi connectivity index (χ0) is 17.6. The molecular weight excluding hydrogens is 338 g/mol. The maximum atomic E-state index is 12.4. The second-order valence-corrected chi connectivity index (χ2v) is 7.24. The summed E-state index contributed by atoms with van der Waals surface area (Å²) in [5.41, 5.74) is 1.02. The Morgan fingerprint density at radius 1 is 0.880 bits per heavy atom. The highest BCUT2D eigenvalue weighted by Crippen LogP contribution is 2.17. The normalized spacial score (nSPS) is 18.6. The van der Waals surface area contributed by atoms with Gasteiger partial charge in [-0.05, 0) is 30.9 Å². The van der Waals surface area contributed by atoms with E-state index in [2.05, 4.69) is 4.90 Å². The Bertz CT molecular complexity index is 608. The van der Waals surface area contributed by atoms with Crippen molar-refractivity contribution in [1.82, 2.24) is 14.7 Å². The first-order valence-electron chi connectivity index (χ1n) is 9.15. The van der Waals surface area contributed by atoms with Gasteiger partial charge in [0.2, 0.25) is 11.8 Å². The highest BCUT2D eigenvalue weighted by atomic mass is 35.5. The van der Waals surface area contributed by atoms with Gasteiger partial charge in [0, 0.05) is 50.7 Å². The number of amides is 2. The maximum absolute atomic E-state index is 12.4. The predicted molar refractivity (Wildman–Crippen MR) is 98.6 cm³/mol. The van der Waals surface area contributed by atoms with Crippen molar-refractivity contribution in [2.75, 3.05) is 45.8 Å². The van der Waals surface area contributed by atoms with Gasteiger partial charge in [0.1, 0.15) is 0 Å². The fourth-order valence-electron chi connectivity index (χ4n) is 3.51. The van der Waals surface area contributed by atoms with Gasteiger partial charge in [0.05, 0.1) is 6.54 Å². The lowest BCUT2D eigenvalue weighted by molar-refractivity contribution is -0.134. The molecule has 2 amide bonds. The number of carbonyl (C=O) groups is 2. The van der Waals surface area contributed by atoms with Crippen molar-refractivity contribution in [2.24, 2.45) is 0 Å². The molecule has 25 heavy (non-hydrogen) atoms. The number of carbonyl (C=O) groups excluding carboxylic acids is 2. The number of hydrogen-bond donors (Lipinski definition) is 0. The summed E-state index contributed by atoms with van der Waals surface area (Å²) in [5.74, 6) is 0.404. The van der Waals surface area contributed by atoms with Crippen LogP contribution in [0.3, 0.4) is 0 Å². The summed E-state index contributed by atoms with van der Waals surface area (Å²) in [6.45, 7) is 5.25. The van der Waals surface area contributed by atoms with Gasteiger partial charge in [-0.3, -0.25) is 14.5 Å². The average molecular weight is 364 g/mol. The summed E-state index contributed by atoms with van der Waals surface area (Å²) in [6, 6.07) is 7.67. The van der Waals surface area contributed by atoms with Gasteiger partial charge in [-0.2, -0.15) is 0 Å². The number of piperazine rings is 1. The second kappa shape index (κ2) is 8.68. The number of hydrogen-bond acceptors (Lipinski definition) is 3. The van der Waals surface area contributed by atoms with Crippen molar-refractivity contribution in [3.8, 4) is 0 Å². The maximum Gasteiger partial charge on any atom is 0.236 e. The standard InChI is InChI=1S/C19H26ClN3O2/c20-17-6-2-1-5-16(17)7-8-18(24)23-13-11-21(12-14-23)15-19(25)22-9-3-4-10-22/h1-2,5-6H,3-4,7-15H2. The van der Waals surface area contributed by atoms with Crippen LogP contribution >= 0.6 is 11.6 Å². The van der Waals surface area contributed by atoms with Gasteiger partial charge in [-0.25, -0.2) is 0 Å². The Labute approximate surface area is 154 Å². The highest BCUT2D eigenvalue weighted by molar-refractivity contribution is 6.31. The molecule has 0 aliphatic carbocycles. The summed E-state index contributed by atoms with van der Waals surface area (Å²) in [6.07, 6.45) is 3.40. The lowest BCUT2D eigenvalue weighted by atomic mass is 10.1. The summed E-state index contributed by atoms with van der Waals surface area (Å²) in [7, 11) is 0. The van der Waals surface area contributed by atoms with Crippen LogP contribution in [-0.2, 0) is 16.0 Å². The van der Waals surface area contributed by atoms with Gasteiger partial charge in [-0.1, -0.05) is 29.8 Å². The first-order chi connectivity index (χ1) is 12.1. The molecule has 3 rings (SSSR count). The molecule has 0 saturated carbocycles. The van der Waals surface area contributed by atoms with Crippen LogP contribution in [0.4, 0.5) is 0 Å². The minimum atomic E-state index is 0.172. The SMILES string of the molecule is O=C(CCc1ccccc1Cl)N1CCN(CC(=O)N2CCCC2)CC1. The molecule has 2 saturated heterocycles. The molecule has 0 N–H and O–H groups in total. The highest BCUT2D eigenvalue weighted by Gasteiger charge is 2.25. The van der Waals surface area contributed by atoms with Gasteiger partial charge >= 0.3 is 0 Å². The molecule has 0 unspecified atom stereocenters. The van der Waals surface area contributed by atoms with Crippen molar-refractivity contribution in [3.63, 3.8) is 0 Å². The molecule has 2 fully saturated rings. The molecular formula is C19H26ClN3O2. The lowest BCUT2D eigenvalue weighted by Crippen LogP contribution is -2.51. The largest absolute Gasteiger partial charge is 0.342 e. The molecule has 1 aromatic rings. The van der Waals surface area contributed by atoms with E-state index in [-0.39, 0.29) is 11.8 Å². The van der Waals surface area contributed by atoms with Crippen LogP contribution in [0.1, 0.15) is 24.8 Å². The number of likely N-dealkylation sites (tertiary alicyclic amines) is 1. The fraction of sp³-hybridized carbons (Fsp3) is 0.579. The molecule has 0 radical (unpaired) electrons.